The summed E-state index contributed by atoms with van der Waals surface area (Å²) >= 11 is 0. The minimum atomic E-state index is 0.503. The van der Waals surface area contributed by atoms with Crippen molar-refractivity contribution in [1.29, 1.82) is 0 Å². The summed E-state index contributed by atoms with van der Waals surface area (Å²) in [5, 5.41) is 8.39. The first-order valence-electron chi connectivity index (χ1n) is 10.7. The van der Waals surface area contributed by atoms with Gasteiger partial charge in [-0.2, -0.15) is 0 Å². The van der Waals surface area contributed by atoms with Crippen molar-refractivity contribution in [2.45, 2.75) is 12.8 Å². The van der Waals surface area contributed by atoms with Crippen LogP contribution in [-0.2, 0) is 6.42 Å². The van der Waals surface area contributed by atoms with E-state index in [1.807, 2.05) is 78.9 Å². The summed E-state index contributed by atoms with van der Waals surface area (Å²) < 4.78 is 17.5. The molecule has 1 heterocycles. The summed E-state index contributed by atoms with van der Waals surface area (Å²) in [6, 6.07) is 25.3. The quantitative estimate of drug-likeness (QED) is 0.312. The zero-order valence-corrected chi connectivity index (χ0v) is 18.4. The van der Waals surface area contributed by atoms with Gasteiger partial charge in [0.2, 0.25) is 11.8 Å². The molecule has 1 aromatic heterocycles. The van der Waals surface area contributed by atoms with Crippen molar-refractivity contribution in [2.75, 3.05) is 27.2 Å². The molecule has 0 N–H and O–H groups in total. The molecule has 164 valence electrons. The second kappa shape index (κ2) is 10.6. The number of para-hydroxylation sites is 1. The van der Waals surface area contributed by atoms with Gasteiger partial charge in [0.1, 0.15) is 17.2 Å². The number of ether oxygens (including phenoxy) is 2. The van der Waals surface area contributed by atoms with Crippen molar-refractivity contribution in [3.8, 4) is 28.7 Å². The molecule has 0 bridgehead atoms. The van der Waals surface area contributed by atoms with E-state index in [9.17, 15) is 0 Å². The largest absolute Gasteiger partial charge is 0.494 e. The van der Waals surface area contributed by atoms with E-state index >= 15 is 0 Å². The van der Waals surface area contributed by atoms with E-state index in [0.29, 0.717) is 24.8 Å². The Kier molecular flexibility index (Phi) is 7.15. The van der Waals surface area contributed by atoms with E-state index < -0.39 is 0 Å². The zero-order chi connectivity index (χ0) is 22.2. The fourth-order valence-electron chi connectivity index (χ4n) is 3.18. The molecule has 4 aromatic rings. The molecule has 0 saturated heterocycles. The van der Waals surface area contributed by atoms with Crippen LogP contribution < -0.4 is 9.47 Å². The van der Waals surface area contributed by atoms with Gasteiger partial charge in [0, 0.05) is 12.1 Å². The smallest absolute Gasteiger partial charge is 0.247 e. The van der Waals surface area contributed by atoms with Crippen LogP contribution >= 0.6 is 0 Å². The van der Waals surface area contributed by atoms with Crippen LogP contribution in [0.25, 0.3) is 11.5 Å². The Balaban J connectivity index is 1.31. The third-order valence-electron chi connectivity index (χ3n) is 4.84. The predicted molar refractivity (Wildman–Crippen MR) is 124 cm³/mol. The maximum absolute atomic E-state index is 5.86. The van der Waals surface area contributed by atoms with Crippen molar-refractivity contribution in [3.63, 3.8) is 0 Å². The van der Waals surface area contributed by atoms with E-state index in [-0.39, 0.29) is 0 Å². The van der Waals surface area contributed by atoms with Crippen LogP contribution in [-0.4, -0.2) is 42.3 Å². The summed E-state index contributed by atoms with van der Waals surface area (Å²) in [6.45, 7) is 1.70. The monoisotopic (exact) mass is 429 g/mol. The molecule has 0 unspecified atom stereocenters. The summed E-state index contributed by atoms with van der Waals surface area (Å²) in [5.74, 6) is 3.51. The number of benzene rings is 3. The lowest BCUT2D eigenvalue weighted by molar-refractivity contribution is 0.281. The van der Waals surface area contributed by atoms with Gasteiger partial charge in [0.15, 0.2) is 0 Å². The van der Waals surface area contributed by atoms with E-state index in [0.717, 1.165) is 41.3 Å². The average molecular weight is 430 g/mol. The van der Waals surface area contributed by atoms with Crippen LogP contribution in [0, 0.1) is 0 Å². The van der Waals surface area contributed by atoms with Gasteiger partial charge in [-0.25, -0.2) is 0 Å². The van der Waals surface area contributed by atoms with Crippen LogP contribution in [0.2, 0.25) is 0 Å². The lowest BCUT2D eigenvalue weighted by Crippen LogP contribution is -2.15. The van der Waals surface area contributed by atoms with Gasteiger partial charge in [0.05, 0.1) is 13.0 Å². The molecule has 6 nitrogen and oxygen atoms in total. The molecule has 0 atom stereocenters. The van der Waals surface area contributed by atoms with E-state index in [2.05, 4.69) is 29.2 Å². The summed E-state index contributed by atoms with van der Waals surface area (Å²) in [5.41, 5.74) is 1.94. The average Bonchev–Trinajstić information content (AvgIpc) is 3.27. The van der Waals surface area contributed by atoms with Crippen molar-refractivity contribution in [1.82, 2.24) is 15.1 Å². The third kappa shape index (κ3) is 6.18. The summed E-state index contributed by atoms with van der Waals surface area (Å²) in [7, 11) is 4.12. The Bertz CT molecular complexity index is 1090. The molecule has 0 aliphatic heterocycles. The van der Waals surface area contributed by atoms with Crippen LogP contribution in [0.4, 0.5) is 0 Å². The lowest BCUT2D eigenvalue weighted by atomic mass is 10.1. The Hall–Kier alpha value is -3.64. The predicted octanol–water partition coefficient (Wildman–Crippen LogP) is 5.45. The van der Waals surface area contributed by atoms with Crippen molar-refractivity contribution >= 4 is 0 Å². The highest BCUT2D eigenvalue weighted by atomic mass is 16.5. The van der Waals surface area contributed by atoms with Gasteiger partial charge in [0.25, 0.3) is 0 Å². The highest BCUT2D eigenvalue weighted by molar-refractivity contribution is 5.54. The van der Waals surface area contributed by atoms with Crippen LogP contribution in [0.3, 0.4) is 0 Å². The molecular formula is C26H27N3O3. The highest BCUT2D eigenvalue weighted by Crippen LogP contribution is 2.24. The van der Waals surface area contributed by atoms with Crippen molar-refractivity contribution < 1.29 is 13.9 Å². The maximum Gasteiger partial charge on any atom is 0.247 e. The van der Waals surface area contributed by atoms with Gasteiger partial charge < -0.3 is 18.8 Å². The van der Waals surface area contributed by atoms with E-state index in [1.165, 1.54) is 0 Å². The molecule has 0 amide bonds. The van der Waals surface area contributed by atoms with Crippen molar-refractivity contribution in [2.24, 2.45) is 0 Å². The first kappa shape index (κ1) is 21.6. The minimum absolute atomic E-state index is 0.503. The topological polar surface area (TPSA) is 60.6 Å². The van der Waals surface area contributed by atoms with Gasteiger partial charge >= 0.3 is 0 Å². The number of nitrogens with zero attached hydrogens (tertiary/aromatic N) is 3. The number of aromatic nitrogens is 2. The molecule has 0 spiro atoms. The number of hydrogen-bond acceptors (Lipinski definition) is 6. The molecule has 0 saturated carbocycles. The van der Waals surface area contributed by atoms with Crippen molar-refractivity contribution in [3.05, 3.63) is 90.3 Å². The van der Waals surface area contributed by atoms with Crippen LogP contribution in [0.1, 0.15) is 17.9 Å². The molecule has 4 rings (SSSR count). The fraction of sp³-hybridized carbons (Fsp3) is 0.231. The third-order valence-corrected chi connectivity index (χ3v) is 4.84. The Labute approximate surface area is 188 Å². The van der Waals surface area contributed by atoms with Crippen LogP contribution in [0.15, 0.2) is 83.3 Å². The Morgan fingerprint density at radius 1 is 0.781 bits per heavy atom. The molecule has 3 aromatic carbocycles. The SMILES string of the molecule is CN(C)CCCOc1ccc(-c2nnc(Cc3ccc(Oc4ccccc4)cc3)o2)cc1. The van der Waals surface area contributed by atoms with Gasteiger partial charge in [-0.15, -0.1) is 10.2 Å². The fourth-order valence-corrected chi connectivity index (χ4v) is 3.18. The molecule has 0 fully saturated rings. The second-order valence-electron chi connectivity index (χ2n) is 7.77. The first-order chi connectivity index (χ1) is 15.7. The van der Waals surface area contributed by atoms with Gasteiger partial charge in [-0.05, 0) is 74.6 Å². The summed E-state index contributed by atoms with van der Waals surface area (Å²) in [4.78, 5) is 2.15. The van der Waals surface area contributed by atoms with E-state index in [1.54, 1.807) is 0 Å². The Morgan fingerprint density at radius 2 is 1.47 bits per heavy atom. The maximum atomic E-state index is 5.86. The molecule has 0 aliphatic rings. The molecule has 6 heteroatoms. The van der Waals surface area contributed by atoms with E-state index in [4.69, 9.17) is 13.9 Å². The normalized spacial score (nSPS) is 11.0. The Morgan fingerprint density at radius 3 is 2.19 bits per heavy atom. The highest BCUT2D eigenvalue weighted by Gasteiger charge is 2.10. The molecule has 0 radical (unpaired) electrons. The standard InChI is InChI=1S/C26H27N3O3/c1-29(2)17-6-18-30-22-15-11-21(12-16-22)26-28-27-25(32-26)19-20-9-13-24(14-10-20)31-23-7-4-3-5-8-23/h3-5,7-16H,6,17-19H2,1-2H3. The molecule has 32 heavy (non-hydrogen) atoms. The van der Waals surface area contributed by atoms with Crippen LogP contribution in [0.5, 0.6) is 17.2 Å². The number of hydrogen-bond donors (Lipinski definition) is 0. The molecular weight excluding hydrogens is 402 g/mol. The first-order valence-corrected chi connectivity index (χ1v) is 10.7. The van der Waals surface area contributed by atoms with Gasteiger partial charge in [-0.3, -0.25) is 0 Å². The summed E-state index contributed by atoms with van der Waals surface area (Å²) in [6.07, 6.45) is 1.55. The minimum Gasteiger partial charge on any atom is -0.494 e. The lowest BCUT2D eigenvalue weighted by Gasteiger charge is -2.10. The number of rotatable bonds is 10. The van der Waals surface area contributed by atoms with Gasteiger partial charge in [-0.1, -0.05) is 30.3 Å². The molecule has 0 aliphatic carbocycles. The zero-order valence-electron chi connectivity index (χ0n) is 18.4. The second-order valence-corrected chi connectivity index (χ2v) is 7.77.